The molecular weight excluding hydrogens is 174 g/mol. The second-order valence-corrected chi connectivity index (χ2v) is 4.99. The maximum atomic E-state index is 5.34. The van der Waals surface area contributed by atoms with Gasteiger partial charge in [0.1, 0.15) is 0 Å². The molecule has 0 aromatic rings. The Bertz CT molecular complexity index is 141. The Balaban J connectivity index is 2.06. The highest BCUT2D eigenvalue weighted by Crippen LogP contribution is 2.14. The van der Waals surface area contributed by atoms with Gasteiger partial charge in [-0.25, -0.2) is 0 Å². The van der Waals surface area contributed by atoms with Crippen molar-refractivity contribution in [2.45, 2.75) is 46.1 Å². The minimum Gasteiger partial charge on any atom is -0.381 e. The first-order valence-corrected chi connectivity index (χ1v) is 5.99. The van der Waals surface area contributed by atoms with Gasteiger partial charge in [-0.05, 0) is 44.6 Å². The first-order chi connectivity index (χ1) is 6.68. The first-order valence-electron chi connectivity index (χ1n) is 5.99. The van der Waals surface area contributed by atoms with Crippen LogP contribution in [0.3, 0.4) is 0 Å². The molecule has 1 heterocycles. The zero-order valence-corrected chi connectivity index (χ0v) is 9.88. The fraction of sp³-hybridized carbons (Fsp3) is 1.00. The molecule has 0 amide bonds. The van der Waals surface area contributed by atoms with Gasteiger partial charge in [0.05, 0.1) is 0 Å². The standard InChI is InChI=1S/C12H25NO/c1-10(2)8-11(3)13-9-12-4-6-14-7-5-12/h10-13H,4-9H2,1-3H3. The molecule has 1 aliphatic rings. The Morgan fingerprint density at radius 1 is 1.21 bits per heavy atom. The summed E-state index contributed by atoms with van der Waals surface area (Å²) in [7, 11) is 0. The predicted octanol–water partition coefficient (Wildman–Crippen LogP) is 2.44. The molecule has 84 valence electrons. The van der Waals surface area contributed by atoms with E-state index in [-0.39, 0.29) is 0 Å². The summed E-state index contributed by atoms with van der Waals surface area (Å²) in [5, 5.41) is 3.63. The molecule has 0 radical (unpaired) electrons. The van der Waals surface area contributed by atoms with Gasteiger partial charge in [0.25, 0.3) is 0 Å². The minimum absolute atomic E-state index is 0.665. The van der Waals surface area contributed by atoms with Gasteiger partial charge in [-0.15, -0.1) is 0 Å². The van der Waals surface area contributed by atoms with Gasteiger partial charge in [0, 0.05) is 19.3 Å². The quantitative estimate of drug-likeness (QED) is 0.734. The molecule has 0 saturated carbocycles. The topological polar surface area (TPSA) is 21.3 Å². The van der Waals surface area contributed by atoms with E-state index in [1.54, 1.807) is 0 Å². The van der Waals surface area contributed by atoms with Crippen LogP contribution in [0, 0.1) is 11.8 Å². The second kappa shape index (κ2) is 6.41. The zero-order chi connectivity index (χ0) is 10.4. The average molecular weight is 199 g/mol. The monoisotopic (exact) mass is 199 g/mol. The van der Waals surface area contributed by atoms with E-state index in [9.17, 15) is 0 Å². The van der Waals surface area contributed by atoms with E-state index < -0.39 is 0 Å². The lowest BCUT2D eigenvalue weighted by atomic mass is 9.99. The molecule has 1 N–H and O–H groups in total. The summed E-state index contributed by atoms with van der Waals surface area (Å²) in [5.41, 5.74) is 0. The van der Waals surface area contributed by atoms with Crippen LogP contribution in [0.25, 0.3) is 0 Å². The highest BCUT2D eigenvalue weighted by atomic mass is 16.5. The van der Waals surface area contributed by atoms with Crippen LogP contribution >= 0.6 is 0 Å². The van der Waals surface area contributed by atoms with E-state index in [1.165, 1.54) is 25.8 Å². The van der Waals surface area contributed by atoms with Crippen molar-refractivity contribution in [3.63, 3.8) is 0 Å². The molecule has 1 aliphatic heterocycles. The van der Waals surface area contributed by atoms with Crippen molar-refractivity contribution in [3.8, 4) is 0 Å². The number of nitrogens with one attached hydrogen (secondary N) is 1. The summed E-state index contributed by atoms with van der Waals surface area (Å²) in [6, 6.07) is 0.665. The van der Waals surface area contributed by atoms with Crippen LogP contribution in [0.2, 0.25) is 0 Å². The molecule has 0 aromatic heterocycles. The number of rotatable bonds is 5. The summed E-state index contributed by atoms with van der Waals surface area (Å²) in [4.78, 5) is 0. The van der Waals surface area contributed by atoms with E-state index in [0.29, 0.717) is 6.04 Å². The van der Waals surface area contributed by atoms with E-state index in [2.05, 4.69) is 26.1 Å². The van der Waals surface area contributed by atoms with Gasteiger partial charge in [-0.1, -0.05) is 13.8 Å². The Kier molecular flexibility index (Phi) is 5.49. The molecule has 2 nitrogen and oxygen atoms in total. The van der Waals surface area contributed by atoms with Crippen LogP contribution < -0.4 is 5.32 Å². The maximum Gasteiger partial charge on any atom is 0.0469 e. The molecule has 0 aromatic carbocycles. The van der Waals surface area contributed by atoms with Crippen LogP contribution in [0.1, 0.15) is 40.0 Å². The van der Waals surface area contributed by atoms with Crippen molar-refractivity contribution in [3.05, 3.63) is 0 Å². The van der Waals surface area contributed by atoms with E-state index in [0.717, 1.165) is 25.0 Å². The summed E-state index contributed by atoms with van der Waals surface area (Å²) in [5.74, 6) is 1.64. The lowest BCUT2D eigenvalue weighted by molar-refractivity contribution is 0.0654. The van der Waals surface area contributed by atoms with Gasteiger partial charge in [0.15, 0.2) is 0 Å². The minimum atomic E-state index is 0.665. The Morgan fingerprint density at radius 2 is 1.86 bits per heavy atom. The highest BCUT2D eigenvalue weighted by Gasteiger charge is 2.14. The maximum absolute atomic E-state index is 5.34. The summed E-state index contributed by atoms with van der Waals surface area (Å²) in [6.07, 6.45) is 3.76. The Hall–Kier alpha value is -0.0800. The molecule has 14 heavy (non-hydrogen) atoms. The van der Waals surface area contributed by atoms with Crippen molar-refractivity contribution < 1.29 is 4.74 Å². The summed E-state index contributed by atoms with van der Waals surface area (Å²) >= 11 is 0. The van der Waals surface area contributed by atoms with Crippen molar-refractivity contribution in [1.82, 2.24) is 5.32 Å². The molecule has 1 saturated heterocycles. The van der Waals surface area contributed by atoms with Gasteiger partial charge in [-0.3, -0.25) is 0 Å². The molecule has 1 atom stereocenters. The van der Waals surface area contributed by atoms with Crippen molar-refractivity contribution in [2.75, 3.05) is 19.8 Å². The third-order valence-corrected chi connectivity index (χ3v) is 2.92. The third-order valence-electron chi connectivity index (χ3n) is 2.92. The number of hydrogen-bond donors (Lipinski definition) is 1. The van der Waals surface area contributed by atoms with Crippen LogP contribution in [0.5, 0.6) is 0 Å². The molecule has 1 rings (SSSR count). The highest BCUT2D eigenvalue weighted by molar-refractivity contribution is 4.69. The molecule has 1 fully saturated rings. The third kappa shape index (κ3) is 4.97. The molecule has 1 unspecified atom stereocenters. The predicted molar refractivity (Wildman–Crippen MR) is 60.5 cm³/mol. The van der Waals surface area contributed by atoms with Gasteiger partial charge in [0.2, 0.25) is 0 Å². The van der Waals surface area contributed by atoms with Gasteiger partial charge < -0.3 is 10.1 Å². The van der Waals surface area contributed by atoms with E-state index in [1.807, 2.05) is 0 Å². The van der Waals surface area contributed by atoms with Crippen molar-refractivity contribution in [1.29, 1.82) is 0 Å². The Morgan fingerprint density at radius 3 is 2.43 bits per heavy atom. The Labute approximate surface area is 88.4 Å². The molecule has 0 spiro atoms. The van der Waals surface area contributed by atoms with Crippen LogP contribution in [-0.2, 0) is 4.74 Å². The molecule has 0 aliphatic carbocycles. The van der Waals surface area contributed by atoms with E-state index >= 15 is 0 Å². The lowest BCUT2D eigenvalue weighted by Crippen LogP contribution is -2.34. The van der Waals surface area contributed by atoms with Crippen LogP contribution in [0.15, 0.2) is 0 Å². The smallest absolute Gasteiger partial charge is 0.0469 e. The second-order valence-electron chi connectivity index (χ2n) is 4.99. The van der Waals surface area contributed by atoms with Crippen LogP contribution in [-0.4, -0.2) is 25.8 Å². The van der Waals surface area contributed by atoms with Crippen molar-refractivity contribution in [2.24, 2.45) is 11.8 Å². The van der Waals surface area contributed by atoms with Crippen LogP contribution in [0.4, 0.5) is 0 Å². The van der Waals surface area contributed by atoms with Crippen molar-refractivity contribution >= 4 is 0 Å². The largest absolute Gasteiger partial charge is 0.381 e. The fourth-order valence-corrected chi connectivity index (χ4v) is 2.11. The lowest BCUT2D eigenvalue weighted by Gasteiger charge is -2.24. The SMILES string of the molecule is CC(C)CC(C)NCC1CCOCC1. The van der Waals surface area contributed by atoms with Gasteiger partial charge >= 0.3 is 0 Å². The van der Waals surface area contributed by atoms with Gasteiger partial charge in [-0.2, -0.15) is 0 Å². The zero-order valence-electron chi connectivity index (χ0n) is 9.88. The molecule has 2 heteroatoms. The van der Waals surface area contributed by atoms with E-state index in [4.69, 9.17) is 4.74 Å². The summed E-state index contributed by atoms with van der Waals surface area (Å²) in [6.45, 7) is 9.96. The normalized spacial score (nSPS) is 21.4. The number of hydrogen-bond acceptors (Lipinski definition) is 2. The molecular formula is C12H25NO. The summed E-state index contributed by atoms with van der Waals surface area (Å²) < 4.78 is 5.34. The molecule has 0 bridgehead atoms. The fourth-order valence-electron chi connectivity index (χ4n) is 2.11. The average Bonchev–Trinajstić information content (AvgIpc) is 2.15. The number of ether oxygens (including phenoxy) is 1. The first kappa shape index (κ1) is 12.0.